The Labute approximate surface area is 217 Å². The van der Waals surface area contributed by atoms with Crippen molar-refractivity contribution in [3.8, 4) is 22.8 Å². The summed E-state index contributed by atoms with van der Waals surface area (Å²) in [5.41, 5.74) is 2.74. The molecule has 0 aliphatic heterocycles. The Morgan fingerprint density at radius 2 is 1.92 bits per heavy atom. The first-order chi connectivity index (χ1) is 18.5. The molecule has 0 spiro atoms. The lowest BCUT2D eigenvalue weighted by molar-refractivity contribution is -0.148. The van der Waals surface area contributed by atoms with Crippen LogP contribution >= 0.6 is 0 Å². The number of nitrogens with one attached hydrogen (secondary N) is 2. The zero-order valence-electron chi connectivity index (χ0n) is 20.7. The molecular formula is C28H26FN7O2. The molecule has 2 unspecified atom stereocenters. The quantitative estimate of drug-likeness (QED) is 0.303. The minimum atomic E-state index is -0.759. The summed E-state index contributed by atoms with van der Waals surface area (Å²) in [6.07, 6.45) is 10.5. The third-order valence-electron chi connectivity index (χ3n) is 8.32. The number of fused-ring (bicyclic) bond motifs is 5. The van der Waals surface area contributed by atoms with Crippen molar-refractivity contribution in [3.05, 3.63) is 54.9 Å². The van der Waals surface area contributed by atoms with Gasteiger partial charge in [0.05, 0.1) is 17.6 Å². The zero-order chi connectivity index (χ0) is 26.0. The van der Waals surface area contributed by atoms with Crippen LogP contribution in [0.1, 0.15) is 25.7 Å². The number of pyridine rings is 1. The van der Waals surface area contributed by atoms with E-state index in [1.54, 1.807) is 12.4 Å². The Hall–Kier alpha value is -4.34. The number of hydrogen-bond donors (Lipinski definition) is 3. The third-order valence-corrected chi connectivity index (χ3v) is 8.32. The molecule has 3 N–H and O–H groups in total. The number of carboxylic acid groups (broad SMARTS) is 1. The molecule has 9 nitrogen and oxygen atoms in total. The molecule has 0 amide bonds. The first-order valence-electron chi connectivity index (χ1n) is 12.9. The van der Waals surface area contributed by atoms with Crippen LogP contribution in [0.3, 0.4) is 0 Å². The monoisotopic (exact) mass is 511 g/mol. The van der Waals surface area contributed by atoms with E-state index >= 15 is 0 Å². The number of rotatable bonds is 5. The first kappa shape index (κ1) is 22.8. The van der Waals surface area contributed by atoms with Gasteiger partial charge in [0.1, 0.15) is 23.1 Å². The van der Waals surface area contributed by atoms with Gasteiger partial charge in [-0.15, -0.1) is 0 Å². The highest BCUT2D eigenvalue weighted by Crippen LogP contribution is 2.47. The maximum atomic E-state index is 14.1. The van der Waals surface area contributed by atoms with E-state index in [1.165, 1.54) is 12.3 Å². The average molecular weight is 512 g/mol. The summed E-state index contributed by atoms with van der Waals surface area (Å²) in [4.78, 5) is 33.8. The van der Waals surface area contributed by atoms with Crippen LogP contribution in [0, 0.1) is 23.6 Å². The number of imidazole rings is 1. The lowest BCUT2D eigenvalue weighted by atomic mass is 9.61. The number of benzene rings is 1. The van der Waals surface area contributed by atoms with Gasteiger partial charge in [-0.1, -0.05) is 6.07 Å². The van der Waals surface area contributed by atoms with E-state index in [1.807, 2.05) is 36.0 Å². The molecular weight excluding hydrogens is 485 g/mol. The van der Waals surface area contributed by atoms with Gasteiger partial charge in [-0.2, -0.15) is 0 Å². The molecule has 10 heteroatoms. The molecule has 38 heavy (non-hydrogen) atoms. The van der Waals surface area contributed by atoms with E-state index < -0.39 is 17.7 Å². The fourth-order valence-corrected chi connectivity index (χ4v) is 6.48. The number of H-pyrrole nitrogens is 1. The van der Waals surface area contributed by atoms with Crippen LogP contribution in [0.4, 0.5) is 10.2 Å². The molecule has 3 saturated carbocycles. The van der Waals surface area contributed by atoms with Gasteiger partial charge >= 0.3 is 5.97 Å². The highest BCUT2D eigenvalue weighted by Gasteiger charge is 2.47. The van der Waals surface area contributed by atoms with Gasteiger partial charge in [-0.25, -0.2) is 24.3 Å². The molecule has 3 aliphatic rings. The molecule has 2 atom stereocenters. The molecule has 4 heterocycles. The third kappa shape index (κ3) is 3.62. The highest BCUT2D eigenvalue weighted by atomic mass is 19.1. The molecule has 8 rings (SSSR count). The second-order valence-corrected chi connectivity index (χ2v) is 10.5. The van der Waals surface area contributed by atoms with Crippen molar-refractivity contribution in [3.63, 3.8) is 0 Å². The molecule has 1 aromatic carbocycles. The number of hydrogen-bond acceptors (Lipinski definition) is 6. The fraction of sp³-hybridized carbons (Fsp3) is 0.321. The SMILES string of the molecule is Cn1ccnc1-c1ccc2c(NC3C4CCC(CC4)C3C(=O)O)nc(-c3c[nH]c4ncc(F)cc34)nc2c1. The molecule has 3 aliphatic carbocycles. The second-order valence-electron chi connectivity index (χ2n) is 10.5. The van der Waals surface area contributed by atoms with E-state index in [4.69, 9.17) is 9.97 Å². The summed E-state index contributed by atoms with van der Waals surface area (Å²) in [6, 6.07) is 7.09. The van der Waals surface area contributed by atoms with Crippen LogP contribution < -0.4 is 5.32 Å². The predicted molar refractivity (Wildman–Crippen MR) is 141 cm³/mol. The first-order valence-corrected chi connectivity index (χ1v) is 12.9. The summed E-state index contributed by atoms with van der Waals surface area (Å²) in [5.74, 6) is 0.558. The number of carbonyl (C=O) groups is 1. The minimum Gasteiger partial charge on any atom is -0.481 e. The van der Waals surface area contributed by atoms with Crippen molar-refractivity contribution in [2.45, 2.75) is 31.7 Å². The van der Waals surface area contributed by atoms with Crippen molar-refractivity contribution >= 4 is 33.7 Å². The Balaban J connectivity index is 1.40. The van der Waals surface area contributed by atoms with Gasteiger partial charge in [-0.05, 0) is 55.7 Å². The number of aliphatic carboxylic acids is 1. The summed E-state index contributed by atoms with van der Waals surface area (Å²) in [7, 11) is 1.93. The van der Waals surface area contributed by atoms with Crippen molar-refractivity contribution in [1.29, 1.82) is 0 Å². The number of aromatic amines is 1. The number of halogens is 1. The second kappa shape index (κ2) is 8.61. The van der Waals surface area contributed by atoms with Crippen LogP contribution in [-0.4, -0.2) is 46.6 Å². The Kier molecular flexibility index (Phi) is 5.17. The molecule has 3 fully saturated rings. The number of anilines is 1. The van der Waals surface area contributed by atoms with E-state index in [0.29, 0.717) is 33.8 Å². The summed E-state index contributed by atoms with van der Waals surface area (Å²) in [6.45, 7) is 0. The van der Waals surface area contributed by atoms with E-state index in [2.05, 4.69) is 20.3 Å². The average Bonchev–Trinajstić information content (AvgIpc) is 3.54. The summed E-state index contributed by atoms with van der Waals surface area (Å²) in [5, 5.41) is 15.0. The van der Waals surface area contributed by atoms with Crippen LogP contribution in [0.25, 0.3) is 44.7 Å². The van der Waals surface area contributed by atoms with E-state index in [0.717, 1.165) is 42.5 Å². The Bertz CT molecular complexity index is 1700. The molecule has 5 aromatic rings. The number of carboxylic acids is 1. The van der Waals surface area contributed by atoms with Crippen molar-refractivity contribution < 1.29 is 14.3 Å². The lowest BCUT2D eigenvalue weighted by Crippen LogP contribution is -2.51. The van der Waals surface area contributed by atoms with E-state index in [9.17, 15) is 14.3 Å². The molecule has 4 aromatic heterocycles. The summed E-state index contributed by atoms with van der Waals surface area (Å²) >= 11 is 0. The Morgan fingerprint density at radius 1 is 1.11 bits per heavy atom. The van der Waals surface area contributed by atoms with Gasteiger partial charge in [0.2, 0.25) is 0 Å². The van der Waals surface area contributed by atoms with Gasteiger partial charge < -0.3 is 20.0 Å². The molecule has 192 valence electrons. The highest BCUT2D eigenvalue weighted by molar-refractivity contribution is 5.97. The Morgan fingerprint density at radius 3 is 2.68 bits per heavy atom. The van der Waals surface area contributed by atoms with Crippen molar-refractivity contribution in [1.82, 2.24) is 29.5 Å². The van der Waals surface area contributed by atoms with Crippen LogP contribution in [0.2, 0.25) is 0 Å². The van der Waals surface area contributed by atoms with Crippen molar-refractivity contribution in [2.24, 2.45) is 24.8 Å². The zero-order valence-corrected chi connectivity index (χ0v) is 20.7. The molecule has 0 saturated heterocycles. The van der Waals surface area contributed by atoms with Gasteiger partial charge in [0, 0.05) is 53.6 Å². The number of aromatic nitrogens is 6. The molecule has 2 bridgehead atoms. The van der Waals surface area contributed by atoms with Gasteiger partial charge in [0.15, 0.2) is 5.82 Å². The number of aryl methyl sites for hydroxylation is 1. The lowest BCUT2D eigenvalue weighted by Gasteiger charge is -2.47. The standard InChI is InChI=1S/C28H26FN7O2/c1-36-9-8-30-27(36)16-6-7-18-21(10-16)33-26(20-13-32-24-19(20)11-17(29)12-31-24)35-25(18)34-23-15-4-2-14(3-5-15)22(23)28(37)38/h6-15,22-23H,2-5H2,1H3,(H,31,32)(H,37,38)(H,33,34,35). The minimum absolute atomic E-state index is 0.167. The topological polar surface area (TPSA) is 122 Å². The largest absolute Gasteiger partial charge is 0.481 e. The van der Waals surface area contributed by atoms with Crippen molar-refractivity contribution in [2.75, 3.05) is 5.32 Å². The van der Waals surface area contributed by atoms with Gasteiger partial charge in [0.25, 0.3) is 0 Å². The predicted octanol–water partition coefficient (Wildman–Crippen LogP) is 5.01. The fourth-order valence-electron chi connectivity index (χ4n) is 6.48. The molecule has 0 radical (unpaired) electrons. The maximum absolute atomic E-state index is 14.1. The van der Waals surface area contributed by atoms with Crippen LogP contribution in [0.5, 0.6) is 0 Å². The number of nitrogens with zero attached hydrogens (tertiary/aromatic N) is 5. The smallest absolute Gasteiger partial charge is 0.308 e. The maximum Gasteiger partial charge on any atom is 0.308 e. The van der Waals surface area contributed by atoms with Crippen LogP contribution in [0.15, 0.2) is 49.1 Å². The van der Waals surface area contributed by atoms with Gasteiger partial charge in [-0.3, -0.25) is 4.79 Å². The van der Waals surface area contributed by atoms with E-state index in [-0.39, 0.29) is 17.9 Å². The van der Waals surface area contributed by atoms with Crippen LogP contribution in [-0.2, 0) is 11.8 Å². The normalized spacial score (nSPS) is 22.8. The summed E-state index contributed by atoms with van der Waals surface area (Å²) < 4.78 is 16.0.